The zero-order chi connectivity index (χ0) is 21.0. The highest BCUT2D eigenvalue weighted by molar-refractivity contribution is 5.75. The van der Waals surface area contributed by atoms with Crippen molar-refractivity contribution in [3.8, 4) is 0 Å². The maximum absolute atomic E-state index is 12.4. The third kappa shape index (κ3) is 6.08. The second-order valence-electron chi connectivity index (χ2n) is 8.93. The minimum atomic E-state index is -0.519. The van der Waals surface area contributed by atoms with Crippen LogP contribution in [0, 0.1) is 0 Å². The molecule has 0 saturated heterocycles. The molecule has 9 nitrogen and oxygen atoms in total. The van der Waals surface area contributed by atoms with Gasteiger partial charge in [0.05, 0.1) is 0 Å². The van der Waals surface area contributed by atoms with Crippen molar-refractivity contribution in [3.05, 3.63) is 16.3 Å². The first-order chi connectivity index (χ1) is 13.7. The molecule has 162 valence electrons. The molecule has 0 spiro atoms. The molecule has 1 aliphatic heterocycles. The van der Waals surface area contributed by atoms with Gasteiger partial charge in [0.1, 0.15) is 18.0 Å². The van der Waals surface area contributed by atoms with Crippen molar-refractivity contribution < 1.29 is 14.3 Å². The Bertz CT molecular complexity index is 788. The van der Waals surface area contributed by atoms with Crippen LogP contribution in [0.25, 0.3) is 0 Å². The SMILES string of the molecule is CC(C)(C)OC(=O)N(CCCNC(=O)Cn1nc2n(c1=O)CCCCC2)C1CC1. The summed E-state index contributed by atoms with van der Waals surface area (Å²) in [5.41, 5.74) is -0.726. The zero-order valence-corrected chi connectivity index (χ0v) is 17.8. The third-order valence-electron chi connectivity index (χ3n) is 5.09. The van der Waals surface area contributed by atoms with E-state index in [-0.39, 0.29) is 30.3 Å². The van der Waals surface area contributed by atoms with Crippen LogP contribution >= 0.6 is 0 Å². The van der Waals surface area contributed by atoms with Crippen molar-refractivity contribution >= 4 is 12.0 Å². The Labute approximate surface area is 171 Å². The van der Waals surface area contributed by atoms with Crippen LogP contribution in [-0.4, -0.2) is 56.0 Å². The molecule has 1 aromatic rings. The van der Waals surface area contributed by atoms with Gasteiger partial charge in [-0.2, -0.15) is 5.10 Å². The van der Waals surface area contributed by atoms with Gasteiger partial charge in [0.15, 0.2) is 0 Å². The molecule has 1 saturated carbocycles. The van der Waals surface area contributed by atoms with Crippen LogP contribution in [0.4, 0.5) is 4.79 Å². The highest BCUT2D eigenvalue weighted by atomic mass is 16.6. The van der Waals surface area contributed by atoms with E-state index in [0.717, 1.165) is 44.3 Å². The predicted molar refractivity (Wildman–Crippen MR) is 108 cm³/mol. The monoisotopic (exact) mass is 407 g/mol. The second kappa shape index (κ2) is 9.00. The Morgan fingerprint density at radius 1 is 1.24 bits per heavy atom. The molecule has 2 heterocycles. The van der Waals surface area contributed by atoms with E-state index in [0.29, 0.717) is 26.1 Å². The Balaban J connectivity index is 1.44. The van der Waals surface area contributed by atoms with Gasteiger partial charge in [-0.3, -0.25) is 9.36 Å². The molecule has 2 aliphatic rings. The number of nitrogens with one attached hydrogen (secondary N) is 1. The summed E-state index contributed by atoms with van der Waals surface area (Å²) in [5, 5.41) is 7.16. The van der Waals surface area contributed by atoms with Crippen molar-refractivity contribution in [3.63, 3.8) is 0 Å². The Morgan fingerprint density at radius 2 is 2.00 bits per heavy atom. The molecule has 0 atom stereocenters. The molecule has 1 aliphatic carbocycles. The highest BCUT2D eigenvalue weighted by Gasteiger charge is 2.34. The molecule has 29 heavy (non-hydrogen) atoms. The molecule has 0 bridgehead atoms. The van der Waals surface area contributed by atoms with Crippen LogP contribution in [0.2, 0.25) is 0 Å². The summed E-state index contributed by atoms with van der Waals surface area (Å²) < 4.78 is 8.42. The van der Waals surface area contributed by atoms with Gasteiger partial charge < -0.3 is 15.0 Å². The zero-order valence-electron chi connectivity index (χ0n) is 17.8. The first-order valence-electron chi connectivity index (χ1n) is 10.7. The highest BCUT2D eigenvalue weighted by Crippen LogP contribution is 2.28. The van der Waals surface area contributed by atoms with E-state index in [1.807, 2.05) is 20.8 Å². The Morgan fingerprint density at radius 3 is 2.69 bits per heavy atom. The number of rotatable bonds is 7. The van der Waals surface area contributed by atoms with E-state index in [1.165, 1.54) is 4.68 Å². The lowest BCUT2D eigenvalue weighted by Crippen LogP contribution is -2.40. The number of hydrogen-bond donors (Lipinski definition) is 1. The molecule has 3 rings (SSSR count). The normalized spacial score (nSPS) is 16.7. The molecule has 0 unspecified atom stereocenters. The average Bonchev–Trinajstić information content (AvgIpc) is 3.43. The minimum Gasteiger partial charge on any atom is -0.444 e. The minimum absolute atomic E-state index is 0.0722. The fraction of sp³-hybridized carbons (Fsp3) is 0.800. The van der Waals surface area contributed by atoms with E-state index >= 15 is 0 Å². The first kappa shape index (κ1) is 21.4. The molecular weight excluding hydrogens is 374 g/mol. The Hall–Kier alpha value is -2.32. The number of carbonyl (C=O) groups excluding carboxylic acids is 2. The number of nitrogens with zero attached hydrogens (tertiary/aromatic N) is 4. The molecule has 9 heteroatoms. The molecule has 1 aromatic heterocycles. The van der Waals surface area contributed by atoms with Crippen LogP contribution in [-0.2, 0) is 29.0 Å². The van der Waals surface area contributed by atoms with Crippen LogP contribution in [0.15, 0.2) is 4.79 Å². The average molecular weight is 408 g/mol. The van der Waals surface area contributed by atoms with Gasteiger partial charge in [0.2, 0.25) is 5.91 Å². The van der Waals surface area contributed by atoms with Crippen molar-refractivity contribution in [2.45, 2.75) is 90.4 Å². The van der Waals surface area contributed by atoms with Crippen molar-refractivity contribution in [1.29, 1.82) is 0 Å². The lowest BCUT2D eigenvalue weighted by Gasteiger charge is -2.27. The van der Waals surface area contributed by atoms with Gasteiger partial charge in [-0.05, 0) is 52.9 Å². The number of aromatic nitrogens is 3. The van der Waals surface area contributed by atoms with Crippen molar-refractivity contribution in [2.75, 3.05) is 13.1 Å². The van der Waals surface area contributed by atoms with Gasteiger partial charge in [-0.1, -0.05) is 6.42 Å². The summed E-state index contributed by atoms with van der Waals surface area (Å²) in [7, 11) is 0. The van der Waals surface area contributed by atoms with Gasteiger partial charge in [-0.25, -0.2) is 14.3 Å². The molecule has 0 radical (unpaired) electrons. The van der Waals surface area contributed by atoms with Gasteiger partial charge >= 0.3 is 11.8 Å². The number of aryl methyl sites for hydroxylation is 1. The largest absolute Gasteiger partial charge is 0.444 e. The lowest BCUT2D eigenvalue weighted by molar-refractivity contribution is -0.121. The van der Waals surface area contributed by atoms with Gasteiger partial charge in [0, 0.05) is 32.1 Å². The van der Waals surface area contributed by atoms with Gasteiger partial charge in [-0.15, -0.1) is 0 Å². The smallest absolute Gasteiger partial charge is 0.410 e. The lowest BCUT2D eigenvalue weighted by atomic mass is 10.2. The summed E-state index contributed by atoms with van der Waals surface area (Å²) in [6.45, 7) is 7.15. The molecular formula is C20H33N5O4. The molecule has 1 N–H and O–H groups in total. The number of ether oxygens (including phenoxy) is 1. The second-order valence-corrected chi connectivity index (χ2v) is 8.93. The van der Waals surface area contributed by atoms with Crippen LogP contribution in [0.5, 0.6) is 0 Å². The summed E-state index contributed by atoms with van der Waals surface area (Å²) in [4.78, 5) is 38.7. The number of carbonyl (C=O) groups is 2. The molecule has 2 amide bonds. The fourth-order valence-corrected chi connectivity index (χ4v) is 3.53. The summed E-state index contributed by atoms with van der Waals surface area (Å²) in [6.07, 6.45) is 6.22. The predicted octanol–water partition coefficient (Wildman–Crippen LogP) is 1.68. The third-order valence-corrected chi connectivity index (χ3v) is 5.09. The number of amides is 2. The van der Waals surface area contributed by atoms with Gasteiger partial charge in [0.25, 0.3) is 0 Å². The van der Waals surface area contributed by atoms with E-state index < -0.39 is 5.60 Å². The van der Waals surface area contributed by atoms with E-state index in [9.17, 15) is 14.4 Å². The maximum Gasteiger partial charge on any atom is 0.410 e. The Kier molecular flexibility index (Phi) is 6.64. The molecule has 0 aromatic carbocycles. The first-order valence-corrected chi connectivity index (χ1v) is 10.7. The number of fused-ring (bicyclic) bond motifs is 1. The quantitative estimate of drug-likeness (QED) is 0.694. The standard InChI is InChI=1S/C20H33N5O4/c1-20(2,3)29-19(28)23(15-9-10-15)13-7-11-21-17(26)14-25-18(27)24-12-6-4-5-8-16(24)22-25/h15H,4-14H2,1-3H3,(H,21,26). The fourth-order valence-electron chi connectivity index (χ4n) is 3.53. The van der Waals surface area contributed by atoms with E-state index in [4.69, 9.17) is 4.74 Å². The van der Waals surface area contributed by atoms with Crippen LogP contribution in [0.3, 0.4) is 0 Å². The molecule has 1 fully saturated rings. The topological polar surface area (TPSA) is 98.5 Å². The van der Waals surface area contributed by atoms with Crippen molar-refractivity contribution in [1.82, 2.24) is 24.6 Å². The van der Waals surface area contributed by atoms with E-state index in [2.05, 4.69) is 10.4 Å². The maximum atomic E-state index is 12.4. The summed E-state index contributed by atoms with van der Waals surface area (Å²) in [5.74, 6) is 0.535. The van der Waals surface area contributed by atoms with Crippen molar-refractivity contribution in [2.24, 2.45) is 0 Å². The van der Waals surface area contributed by atoms with E-state index in [1.54, 1.807) is 9.47 Å². The summed E-state index contributed by atoms with van der Waals surface area (Å²) >= 11 is 0. The number of hydrogen-bond acceptors (Lipinski definition) is 5. The summed E-state index contributed by atoms with van der Waals surface area (Å²) in [6, 6.07) is 0.250. The van der Waals surface area contributed by atoms with Crippen LogP contribution in [0.1, 0.15) is 65.1 Å². The van der Waals surface area contributed by atoms with Crippen LogP contribution < -0.4 is 11.0 Å².